The number of thiophene rings is 1. The molecule has 0 fully saturated rings. The van der Waals surface area contributed by atoms with Crippen LogP contribution in [0.1, 0.15) is 23.0 Å². The van der Waals surface area contributed by atoms with E-state index in [1.165, 1.54) is 35.1 Å². The molecule has 7 heteroatoms. The molecule has 1 aliphatic carbocycles. The fraction of sp³-hybridized carbons (Fsp3) is 0.167. The van der Waals surface area contributed by atoms with E-state index in [0.717, 1.165) is 16.5 Å². The van der Waals surface area contributed by atoms with Crippen molar-refractivity contribution >= 4 is 51.2 Å². The van der Waals surface area contributed by atoms with Crippen LogP contribution >= 0.6 is 22.9 Å². The van der Waals surface area contributed by atoms with Gasteiger partial charge in [-0.3, -0.25) is 9.59 Å². The standard InChI is InChI=1S/C9H9ClO4.C9H6OS/c1-9(8(13)14)3-2-6(10)5(4-9)7(11)12;10-6-8-5-7-3-1-2-4-9(7)11-8/h2-3H,4H2,1H3,(H,11,12)(H,13,14);1-6H. The maximum absolute atomic E-state index is 10.8. The average molecular weight is 379 g/mol. The molecule has 0 bridgehead atoms. The molecule has 0 aliphatic heterocycles. The van der Waals surface area contributed by atoms with E-state index in [2.05, 4.69) is 0 Å². The number of fused-ring (bicyclic) bond motifs is 1. The Morgan fingerprint density at radius 1 is 1.28 bits per heavy atom. The van der Waals surface area contributed by atoms with Gasteiger partial charge in [-0.1, -0.05) is 35.9 Å². The van der Waals surface area contributed by atoms with Crippen LogP contribution in [0.15, 0.2) is 53.1 Å². The van der Waals surface area contributed by atoms with E-state index >= 15 is 0 Å². The lowest BCUT2D eigenvalue weighted by atomic mass is 9.80. The molecule has 5 nitrogen and oxygen atoms in total. The highest BCUT2D eigenvalue weighted by molar-refractivity contribution is 7.20. The number of carboxylic acids is 2. The third kappa shape index (κ3) is 4.35. The van der Waals surface area contributed by atoms with Gasteiger partial charge in [0.25, 0.3) is 0 Å². The summed E-state index contributed by atoms with van der Waals surface area (Å²) in [5.74, 6) is -2.23. The van der Waals surface area contributed by atoms with Gasteiger partial charge in [-0.2, -0.15) is 0 Å². The quantitative estimate of drug-likeness (QED) is 0.775. The van der Waals surface area contributed by atoms with E-state index < -0.39 is 17.4 Å². The summed E-state index contributed by atoms with van der Waals surface area (Å²) in [5, 5.41) is 18.9. The molecule has 0 amide bonds. The molecule has 0 saturated carbocycles. The summed E-state index contributed by atoms with van der Waals surface area (Å²) in [6.07, 6.45) is 3.53. The van der Waals surface area contributed by atoms with Crippen LogP contribution in [0.5, 0.6) is 0 Å². The van der Waals surface area contributed by atoms with Crippen molar-refractivity contribution < 1.29 is 24.6 Å². The lowest BCUT2D eigenvalue weighted by Crippen LogP contribution is -2.29. The first-order valence-corrected chi connectivity index (χ1v) is 8.44. The molecule has 2 aromatic rings. The predicted octanol–water partition coefficient (Wildman–Crippen LogP) is 4.33. The maximum atomic E-state index is 10.8. The average Bonchev–Trinajstić information content (AvgIpc) is 3.00. The normalized spacial score (nSPS) is 19.3. The Labute approximate surface area is 152 Å². The van der Waals surface area contributed by atoms with Crippen LogP contribution in [-0.2, 0) is 9.59 Å². The summed E-state index contributed by atoms with van der Waals surface area (Å²) < 4.78 is 1.18. The highest BCUT2D eigenvalue weighted by Gasteiger charge is 2.36. The number of benzene rings is 1. The van der Waals surface area contributed by atoms with E-state index in [9.17, 15) is 14.4 Å². The van der Waals surface area contributed by atoms with Gasteiger partial charge in [0, 0.05) is 11.1 Å². The molecule has 1 aliphatic rings. The highest BCUT2D eigenvalue weighted by Crippen LogP contribution is 2.35. The van der Waals surface area contributed by atoms with E-state index in [-0.39, 0.29) is 17.0 Å². The summed E-state index contributed by atoms with van der Waals surface area (Å²) in [6, 6.07) is 9.90. The van der Waals surface area contributed by atoms with Crippen LogP contribution in [0.2, 0.25) is 0 Å². The molecule has 2 N–H and O–H groups in total. The fourth-order valence-electron chi connectivity index (χ4n) is 2.25. The highest BCUT2D eigenvalue weighted by atomic mass is 35.5. The fourth-order valence-corrected chi connectivity index (χ4v) is 3.34. The second-order valence-corrected chi connectivity index (χ2v) is 7.19. The van der Waals surface area contributed by atoms with Gasteiger partial charge in [-0.25, -0.2) is 4.79 Å². The van der Waals surface area contributed by atoms with Gasteiger partial charge < -0.3 is 10.2 Å². The van der Waals surface area contributed by atoms with Crippen LogP contribution in [0.3, 0.4) is 0 Å². The molecule has 0 saturated heterocycles. The minimum atomic E-state index is -1.17. The van der Waals surface area contributed by atoms with Crippen molar-refractivity contribution in [3.8, 4) is 0 Å². The van der Waals surface area contributed by atoms with Gasteiger partial charge in [0.05, 0.1) is 20.9 Å². The smallest absolute Gasteiger partial charge is 0.333 e. The molecule has 0 spiro atoms. The Morgan fingerprint density at radius 3 is 2.52 bits per heavy atom. The van der Waals surface area contributed by atoms with Crippen molar-refractivity contribution in [2.24, 2.45) is 5.41 Å². The Balaban J connectivity index is 0.000000185. The molecule has 1 aromatic carbocycles. The SMILES string of the molecule is CC1(C(=O)O)C=CC(Cl)=C(C(=O)O)C1.O=Cc1cc2ccccc2s1. The van der Waals surface area contributed by atoms with Gasteiger partial charge in [0.2, 0.25) is 0 Å². The first-order valence-electron chi connectivity index (χ1n) is 7.25. The van der Waals surface area contributed by atoms with E-state index in [1.807, 2.05) is 30.3 Å². The van der Waals surface area contributed by atoms with Crippen molar-refractivity contribution in [1.82, 2.24) is 0 Å². The first kappa shape index (κ1) is 18.9. The molecule has 130 valence electrons. The second-order valence-electron chi connectivity index (χ2n) is 5.67. The Hall–Kier alpha value is -2.44. The molecule has 1 aromatic heterocycles. The number of carbonyl (C=O) groups excluding carboxylic acids is 1. The summed E-state index contributed by atoms with van der Waals surface area (Å²) >= 11 is 7.16. The number of hydrogen-bond acceptors (Lipinski definition) is 4. The number of aliphatic carboxylic acids is 2. The number of rotatable bonds is 3. The Morgan fingerprint density at radius 2 is 1.96 bits per heavy atom. The number of allylic oxidation sites excluding steroid dienone is 2. The van der Waals surface area contributed by atoms with Crippen LogP contribution in [0.4, 0.5) is 0 Å². The summed E-state index contributed by atoms with van der Waals surface area (Å²) in [5.41, 5.74) is -1.23. The predicted molar refractivity (Wildman–Crippen MR) is 97.2 cm³/mol. The number of carbonyl (C=O) groups is 3. The minimum Gasteiger partial charge on any atom is -0.481 e. The zero-order chi connectivity index (χ0) is 18.6. The van der Waals surface area contributed by atoms with E-state index in [1.54, 1.807) is 0 Å². The zero-order valence-electron chi connectivity index (χ0n) is 13.2. The maximum Gasteiger partial charge on any atom is 0.333 e. The third-order valence-electron chi connectivity index (χ3n) is 3.74. The molecule has 25 heavy (non-hydrogen) atoms. The molecular weight excluding hydrogens is 364 g/mol. The summed E-state index contributed by atoms with van der Waals surface area (Å²) in [7, 11) is 0. The van der Waals surface area contributed by atoms with Gasteiger partial charge in [-0.15, -0.1) is 11.3 Å². The van der Waals surface area contributed by atoms with E-state index in [4.69, 9.17) is 21.8 Å². The van der Waals surface area contributed by atoms with E-state index in [0.29, 0.717) is 0 Å². The zero-order valence-corrected chi connectivity index (χ0v) is 14.8. The monoisotopic (exact) mass is 378 g/mol. The summed E-state index contributed by atoms with van der Waals surface area (Å²) in [6.45, 7) is 1.46. The van der Waals surface area contributed by atoms with Gasteiger partial charge in [0.1, 0.15) is 0 Å². The number of hydrogen-bond donors (Lipinski definition) is 2. The van der Waals surface area contributed by atoms with Crippen molar-refractivity contribution in [3.63, 3.8) is 0 Å². The van der Waals surface area contributed by atoms with Crippen molar-refractivity contribution in [1.29, 1.82) is 0 Å². The number of aldehydes is 1. The van der Waals surface area contributed by atoms with Crippen LogP contribution in [0, 0.1) is 5.41 Å². The number of carboxylic acid groups (broad SMARTS) is 2. The Bertz CT molecular complexity index is 863. The first-order chi connectivity index (χ1) is 11.8. The van der Waals surface area contributed by atoms with Crippen LogP contribution in [-0.4, -0.2) is 28.4 Å². The second kappa shape index (κ2) is 7.63. The molecule has 1 heterocycles. The topological polar surface area (TPSA) is 91.7 Å². The lowest BCUT2D eigenvalue weighted by molar-refractivity contribution is -0.145. The molecule has 1 unspecified atom stereocenters. The van der Waals surface area contributed by atoms with Crippen molar-refractivity contribution in [3.05, 3.63) is 58.0 Å². The van der Waals surface area contributed by atoms with Gasteiger partial charge >= 0.3 is 11.9 Å². The molecular formula is C18H15ClO5S. The van der Waals surface area contributed by atoms with Crippen LogP contribution in [0.25, 0.3) is 10.1 Å². The van der Waals surface area contributed by atoms with Gasteiger partial charge in [-0.05, 0) is 30.5 Å². The lowest BCUT2D eigenvalue weighted by Gasteiger charge is -2.24. The summed E-state index contributed by atoms with van der Waals surface area (Å²) in [4.78, 5) is 32.7. The van der Waals surface area contributed by atoms with Crippen molar-refractivity contribution in [2.75, 3.05) is 0 Å². The molecule has 0 radical (unpaired) electrons. The number of halogens is 1. The third-order valence-corrected chi connectivity index (χ3v) is 5.13. The minimum absolute atomic E-state index is 0.0564. The molecule has 1 atom stereocenters. The van der Waals surface area contributed by atoms with Gasteiger partial charge in [0.15, 0.2) is 6.29 Å². The van der Waals surface area contributed by atoms with Crippen LogP contribution < -0.4 is 0 Å². The largest absolute Gasteiger partial charge is 0.481 e. The molecule has 3 rings (SSSR count). The van der Waals surface area contributed by atoms with Crippen molar-refractivity contribution in [2.45, 2.75) is 13.3 Å². The Kier molecular flexibility index (Phi) is 5.77.